The van der Waals surface area contributed by atoms with Crippen LogP contribution >= 0.6 is 11.6 Å². The van der Waals surface area contributed by atoms with Crippen LogP contribution < -0.4 is 5.46 Å². The molecule has 94 valence electrons. The van der Waals surface area contributed by atoms with Gasteiger partial charge in [0.1, 0.15) is 5.15 Å². The summed E-state index contributed by atoms with van der Waals surface area (Å²) >= 11 is 6.08. The van der Waals surface area contributed by atoms with Gasteiger partial charge in [-0.2, -0.15) is 0 Å². The maximum Gasteiger partial charge on any atom is 0.498 e. The number of aromatic nitrogens is 1. The van der Waals surface area contributed by atoms with Crippen LogP contribution in [-0.2, 0) is 9.31 Å². The van der Waals surface area contributed by atoms with Crippen molar-refractivity contribution in [2.24, 2.45) is 0 Å². The molecule has 0 atom stereocenters. The maximum absolute atomic E-state index is 6.08. The van der Waals surface area contributed by atoms with Gasteiger partial charge in [-0.1, -0.05) is 17.5 Å². The molecule has 5 heteroatoms. The van der Waals surface area contributed by atoms with Crippen LogP contribution in [0.2, 0.25) is 5.15 Å². The Hall–Kier alpha value is -1.02. The molecule has 0 aliphatic carbocycles. The lowest BCUT2D eigenvalue weighted by molar-refractivity contribution is 0.00578. The van der Waals surface area contributed by atoms with Gasteiger partial charge < -0.3 is 9.31 Å². The Morgan fingerprint density at radius 2 is 1.83 bits per heavy atom. The van der Waals surface area contributed by atoms with Crippen molar-refractivity contribution < 1.29 is 9.31 Å². The average Bonchev–Trinajstić information content (AvgIpc) is 2.48. The van der Waals surface area contributed by atoms with Crippen molar-refractivity contribution in [3.05, 3.63) is 23.0 Å². The topological polar surface area (TPSA) is 31.4 Å². The van der Waals surface area contributed by atoms with E-state index in [1.165, 1.54) is 0 Å². The molecule has 0 amide bonds. The highest BCUT2D eigenvalue weighted by molar-refractivity contribution is 6.65. The lowest BCUT2D eigenvalue weighted by Gasteiger charge is -2.32. The first-order valence-corrected chi connectivity index (χ1v) is 6.12. The second kappa shape index (κ2) is 4.27. The van der Waals surface area contributed by atoms with E-state index in [4.69, 9.17) is 27.3 Å². The van der Waals surface area contributed by atoms with Crippen LogP contribution in [0.25, 0.3) is 0 Å². The fourth-order valence-electron chi connectivity index (χ4n) is 1.68. The van der Waals surface area contributed by atoms with Crippen molar-refractivity contribution >= 4 is 24.2 Å². The van der Waals surface area contributed by atoms with Crippen molar-refractivity contribution in [3.63, 3.8) is 0 Å². The number of halogens is 1. The van der Waals surface area contributed by atoms with E-state index in [9.17, 15) is 0 Å². The monoisotopic (exact) mass is 263 g/mol. The molecule has 3 nitrogen and oxygen atoms in total. The molecule has 0 unspecified atom stereocenters. The first-order valence-electron chi connectivity index (χ1n) is 5.74. The van der Waals surface area contributed by atoms with Gasteiger partial charge >= 0.3 is 7.12 Å². The first kappa shape index (κ1) is 13.4. The van der Waals surface area contributed by atoms with Crippen molar-refractivity contribution in [1.82, 2.24) is 4.98 Å². The summed E-state index contributed by atoms with van der Waals surface area (Å²) in [6, 6.07) is 1.78. The summed E-state index contributed by atoms with van der Waals surface area (Å²) in [5, 5.41) is 0.354. The van der Waals surface area contributed by atoms with Gasteiger partial charge in [0.05, 0.1) is 11.2 Å². The predicted octanol–water partition coefficient (Wildman–Crippen LogP) is 2.02. The Labute approximate surface area is 113 Å². The third-order valence-electron chi connectivity index (χ3n) is 3.54. The van der Waals surface area contributed by atoms with Gasteiger partial charge in [0.2, 0.25) is 0 Å². The minimum absolute atomic E-state index is 0.354. The van der Waals surface area contributed by atoms with Gasteiger partial charge in [-0.25, -0.2) is 4.98 Å². The molecule has 0 radical (unpaired) electrons. The lowest BCUT2D eigenvalue weighted by atomic mass is 9.79. The highest BCUT2D eigenvalue weighted by Gasteiger charge is 2.52. The molecule has 0 spiro atoms. The van der Waals surface area contributed by atoms with E-state index in [0.717, 1.165) is 0 Å². The molecule has 1 saturated heterocycles. The average molecular weight is 264 g/mol. The van der Waals surface area contributed by atoms with Crippen LogP contribution in [0, 0.1) is 12.3 Å². The number of hydrogen-bond donors (Lipinski definition) is 0. The maximum atomic E-state index is 6.08. The van der Waals surface area contributed by atoms with Gasteiger partial charge in [0.25, 0.3) is 0 Å². The zero-order valence-electron chi connectivity index (χ0n) is 11.0. The largest absolute Gasteiger partial charge is 0.498 e. The Balaban J connectivity index is 2.38. The van der Waals surface area contributed by atoms with E-state index in [0.29, 0.717) is 16.2 Å². The Morgan fingerprint density at radius 3 is 2.33 bits per heavy atom. The van der Waals surface area contributed by atoms with Gasteiger partial charge in [0.15, 0.2) is 0 Å². The van der Waals surface area contributed by atoms with E-state index >= 15 is 0 Å². The van der Waals surface area contributed by atoms with Gasteiger partial charge in [0, 0.05) is 17.2 Å². The fraction of sp³-hybridized carbons (Fsp3) is 0.462. The first-order chi connectivity index (χ1) is 8.27. The molecule has 2 rings (SSSR count). The molecular formula is C13H15BClNO2. The van der Waals surface area contributed by atoms with E-state index in [-0.39, 0.29) is 0 Å². The normalized spacial score (nSPS) is 20.8. The summed E-state index contributed by atoms with van der Waals surface area (Å²) in [6.07, 6.45) is 6.91. The predicted molar refractivity (Wildman–Crippen MR) is 72.9 cm³/mol. The van der Waals surface area contributed by atoms with Crippen LogP contribution in [0.1, 0.15) is 33.3 Å². The molecule has 1 fully saturated rings. The van der Waals surface area contributed by atoms with Crippen LogP contribution in [0.3, 0.4) is 0 Å². The summed E-state index contributed by atoms with van der Waals surface area (Å²) < 4.78 is 11.8. The number of hydrogen-bond acceptors (Lipinski definition) is 3. The standard InChI is InChI=1S/C13H15BClNO2/c1-6-9-7-10(11(15)16-8-9)14-17-12(2,3)13(4,5)18-14/h1,7-8H,2-5H3. The quantitative estimate of drug-likeness (QED) is 0.441. The number of rotatable bonds is 1. The minimum atomic E-state index is -0.539. The van der Waals surface area contributed by atoms with Gasteiger partial charge in [-0.3, -0.25) is 0 Å². The molecule has 1 aliphatic rings. The molecule has 0 aromatic carbocycles. The van der Waals surface area contributed by atoms with Crippen molar-refractivity contribution in [2.45, 2.75) is 38.9 Å². The van der Waals surface area contributed by atoms with Crippen LogP contribution in [0.5, 0.6) is 0 Å². The third kappa shape index (κ3) is 2.14. The molecule has 2 heterocycles. The molecule has 18 heavy (non-hydrogen) atoms. The lowest BCUT2D eigenvalue weighted by Crippen LogP contribution is -2.41. The van der Waals surface area contributed by atoms with Crippen LogP contribution in [-0.4, -0.2) is 23.3 Å². The zero-order valence-corrected chi connectivity index (χ0v) is 11.7. The summed E-state index contributed by atoms with van der Waals surface area (Å²) in [4.78, 5) is 4.05. The Kier molecular flexibility index (Phi) is 3.18. The summed E-state index contributed by atoms with van der Waals surface area (Å²) in [6.45, 7) is 7.94. The van der Waals surface area contributed by atoms with Crippen LogP contribution in [0.4, 0.5) is 0 Å². The van der Waals surface area contributed by atoms with Crippen molar-refractivity contribution in [2.75, 3.05) is 0 Å². The molecule has 1 aliphatic heterocycles. The second-order valence-corrected chi connectivity index (χ2v) is 5.69. The smallest absolute Gasteiger partial charge is 0.399 e. The number of terminal acetylenes is 1. The van der Waals surface area contributed by atoms with E-state index in [1.807, 2.05) is 27.7 Å². The number of pyridine rings is 1. The van der Waals surface area contributed by atoms with Crippen molar-refractivity contribution in [1.29, 1.82) is 0 Å². The van der Waals surface area contributed by atoms with Gasteiger partial charge in [-0.15, -0.1) is 6.42 Å². The van der Waals surface area contributed by atoms with E-state index in [1.54, 1.807) is 12.3 Å². The summed E-state index contributed by atoms with van der Waals surface area (Å²) in [5.41, 5.74) is 0.509. The summed E-state index contributed by atoms with van der Waals surface area (Å²) in [7, 11) is -0.539. The molecule has 0 saturated carbocycles. The molecular weight excluding hydrogens is 248 g/mol. The number of nitrogens with zero attached hydrogens (tertiary/aromatic N) is 1. The highest BCUT2D eigenvalue weighted by Crippen LogP contribution is 2.36. The van der Waals surface area contributed by atoms with Gasteiger partial charge in [-0.05, 0) is 33.8 Å². The zero-order chi connectivity index (χ0) is 13.6. The SMILES string of the molecule is C#Cc1cnc(Cl)c(B2OC(C)(C)C(C)(C)O2)c1. The van der Waals surface area contributed by atoms with E-state index < -0.39 is 18.3 Å². The molecule has 1 aromatic heterocycles. The Bertz CT molecular complexity index is 506. The molecule has 0 bridgehead atoms. The summed E-state index contributed by atoms with van der Waals surface area (Å²) in [5.74, 6) is 2.53. The molecule has 0 N–H and O–H groups in total. The molecule has 1 aromatic rings. The highest BCUT2D eigenvalue weighted by atomic mass is 35.5. The van der Waals surface area contributed by atoms with Crippen LogP contribution in [0.15, 0.2) is 12.3 Å². The van der Waals surface area contributed by atoms with E-state index in [2.05, 4.69) is 10.9 Å². The second-order valence-electron chi connectivity index (χ2n) is 5.34. The fourth-order valence-corrected chi connectivity index (χ4v) is 1.87. The third-order valence-corrected chi connectivity index (χ3v) is 3.86. The van der Waals surface area contributed by atoms with Crippen molar-refractivity contribution in [3.8, 4) is 12.3 Å². The Morgan fingerprint density at radius 1 is 1.28 bits per heavy atom. The minimum Gasteiger partial charge on any atom is -0.399 e.